The van der Waals surface area contributed by atoms with Crippen LogP contribution in [0.25, 0.3) is 0 Å². The average molecular weight is 298 g/mol. The molecule has 19 heavy (non-hydrogen) atoms. The van der Waals surface area contributed by atoms with Gasteiger partial charge in [0, 0.05) is 0 Å². The largest absolute Gasteiger partial charge is 0.375 e. The zero-order valence-corrected chi connectivity index (χ0v) is 12.7. The summed E-state index contributed by atoms with van der Waals surface area (Å²) in [5.41, 5.74) is 4.18. The van der Waals surface area contributed by atoms with E-state index in [1.165, 1.54) is 0 Å². The van der Waals surface area contributed by atoms with Crippen LogP contribution in [0.1, 0.15) is 36.3 Å². The van der Waals surface area contributed by atoms with Crippen LogP contribution >= 0.6 is 23.2 Å². The van der Waals surface area contributed by atoms with E-state index in [0.29, 0.717) is 10.0 Å². The summed E-state index contributed by atoms with van der Waals surface area (Å²) in [6, 6.07) is 5.93. The second kappa shape index (κ2) is 5.85. The first-order valence-corrected chi connectivity index (χ1v) is 7.01. The molecule has 2 N–H and O–H groups in total. The maximum Gasteiger partial charge on any atom is 0.0825 e. The van der Waals surface area contributed by atoms with Gasteiger partial charge in [0.15, 0.2) is 0 Å². The fraction of sp³-hybridized carbons (Fsp3) is 0.357. The van der Waals surface area contributed by atoms with Gasteiger partial charge in [0.2, 0.25) is 0 Å². The number of anilines is 1. The Morgan fingerprint density at radius 2 is 2.00 bits per heavy atom. The molecule has 2 rings (SSSR count). The lowest BCUT2D eigenvalue weighted by atomic mass is 10.0. The molecule has 0 bridgehead atoms. The number of nitrogens with zero attached hydrogens (tertiary/aromatic N) is 1. The lowest BCUT2D eigenvalue weighted by Gasteiger charge is -2.19. The van der Waals surface area contributed by atoms with E-state index in [0.717, 1.165) is 29.1 Å². The van der Waals surface area contributed by atoms with E-state index in [4.69, 9.17) is 23.2 Å². The summed E-state index contributed by atoms with van der Waals surface area (Å²) in [5, 5.41) is 11.8. The summed E-state index contributed by atoms with van der Waals surface area (Å²) in [4.78, 5) is 0. The minimum atomic E-state index is 0.185. The van der Waals surface area contributed by atoms with E-state index in [-0.39, 0.29) is 6.04 Å². The van der Waals surface area contributed by atoms with Crippen LogP contribution in [-0.2, 0) is 0 Å². The Labute approximate surface area is 123 Å². The highest BCUT2D eigenvalue weighted by molar-refractivity contribution is 6.42. The summed E-state index contributed by atoms with van der Waals surface area (Å²) in [5.74, 6) is 0. The molecule has 102 valence electrons. The van der Waals surface area contributed by atoms with Gasteiger partial charge in [-0.05, 0) is 38.0 Å². The topological polar surface area (TPSA) is 40.7 Å². The Morgan fingerprint density at radius 3 is 2.53 bits per heavy atom. The molecule has 5 heteroatoms. The second-order valence-electron chi connectivity index (χ2n) is 4.59. The maximum absolute atomic E-state index is 6.08. The lowest BCUT2D eigenvalue weighted by molar-refractivity contribution is 0.747. The molecule has 0 saturated carbocycles. The van der Waals surface area contributed by atoms with Gasteiger partial charge < -0.3 is 5.32 Å². The molecule has 0 fully saturated rings. The van der Waals surface area contributed by atoms with Crippen molar-refractivity contribution in [1.29, 1.82) is 0 Å². The first-order chi connectivity index (χ1) is 9.02. The van der Waals surface area contributed by atoms with Crippen molar-refractivity contribution in [1.82, 2.24) is 10.2 Å². The number of hydrogen-bond donors (Lipinski definition) is 2. The molecule has 0 spiro atoms. The average Bonchev–Trinajstić information content (AvgIpc) is 2.70. The zero-order valence-electron chi connectivity index (χ0n) is 11.2. The van der Waals surface area contributed by atoms with Crippen LogP contribution in [-0.4, -0.2) is 10.2 Å². The number of hydrogen-bond acceptors (Lipinski definition) is 2. The predicted molar refractivity (Wildman–Crippen MR) is 81.2 cm³/mol. The summed E-state index contributed by atoms with van der Waals surface area (Å²) in [6.45, 7) is 6.11. The van der Waals surface area contributed by atoms with Crippen molar-refractivity contribution >= 4 is 28.9 Å². The maximum atomic E-state index is 6.08. The molecule has 1 heterocycles. The third-order valence-electron chi connectivity index (χ3n) is 3.20. The van der Waals surface area contributed by atoms with Crippen molar-refractivity contribution in [3.05, 3.63) is 45.2 Å². The van der Waals surface area contributed by atoms with E-state index in [9.17, 15) is 0 Å². The molecule has 0 aliphatic carbocycles. The molecule has 0 amide bonds. The van der Waals surface area contributed by atoms with Crippen molar-refractivity contribution < 1.29 is 0 Å². The molecule has 0 radical (unpaired) electrons. The molecular formula is C14H17Cl2N3. The Kier molecular flexibility index (Phi) is 4.38. The fourth-order valence-electron chi connectivity index (χ4n) is 2.09. The predicted octanol–water partition coefficient (Wildman–Crippen LogP) is 4.90. The van der Waals surface area contributed by atoms with Gasteiger partial charge in [-0.3, -0.25) is 5.10 Å². The first kappa shape index (κ1) is 14.2. The van der Waals surface area contributed by atoms with Crippen LogP contribution in [0.15, 0.2) is 18.2 Å². The van der Waals surface area contributed by atoms with Crippen LogP contribution in [0.2, 0.25) is 10.0 Å². The highest BCUT2D eigenvalue weighted by atomic mass is 35.5. The lowest BCUT2D eigenvalue weighted by Crippen LogP contribution is -2.10. The van der Waals surface area contributed by atoms with Gasteiger partial charge in [-0.25, -0.2) is 0 Å². The summed E-state index contributed by atoms with van der Waals surface area (Å²) >= 11 is 12.0. The Balaban J connectivity index is 2.27. The van der Waals surface area contributed by atoms with Crippen LogP contribution in [0.5, 0.6) is 0 Å². The van der Waals surface area contributed by atoms with Gasteiger partial charge in [-0.15, -0.1) is 0 Å². The zero-order chi connectivity index (χ0) is 14.0. The first-order valence-electron chi connectivity index (χ1n) is 6.26. The number of aromatic amines is 1. The smallest absolute Gasteiger partial charge is 0.0825 e. The van der Waals surface area contributed by atoms with Gasteiger partial charge in [0.25, 0.3) is 0 Å². The number of nitrogens with one attached hydrogen (secondary N) is 2. The summed E-state index contributed by atoms with van der Waals surface area (Å²) < 4.78 is 0. The highest BCUT2D eigenvalue weighted by Gasteiger charge is 2.14. The summed E-state index contributed by atoms with van der Waals surface area (Å²) in [6.07, 6.45) is 0.946. The van der Waals surface area contributed by atoms with Gasteiger partial charge in [0.1, 0.15) is 0 Å². The molecule has 0 aliphatic rings. The molecule has 0 saturated heterocycles. The number of halogens is 2. The normalized spacial score (nSPS) is 12.5. The van der Waals surface area contributed by atoms with Crippen molar-refractivity contribution in [3.63, 3.8) is 0 Å². The Bertz CT molecular complexity index is 559. The Hall–Kier alpha value is -1.19. The number of aromatic nitrogens is 2. The summed E-state index contributed by atoms with van der Waals surface area (Å²) in [7, 11) is 0. The third-order valence-corrected chi connectivity index (χ3v) is 3.94. The third kappa shape index (κ3) is 3.04. The van der Waals surface area contributed by atoms with Gasteiger partial charge in [0.05, 0.1) is 33.2 Å². The van der Waals surface area contributed by atoms with Crippen LogP contribution in [0, 0.1) is 13.8 Å². The molecule has 0 aliphatic heterocycles. The standard InChI is InChI=1S/C14H17Cl2N3/c1-4-13(10-5-6-11(15)12(16)7-10)17-14-8(2)18-19-9(14)3/h5-7,13,17H,4H2,1-3H3,(H,18,19). The minimum absolute atomic E-state index is 0.185. The van der Waals surface area contributed by atoms with E-state index in [1.807, 2.05) is 32.0 Å². The Morgan fingerprint density at radius 1 is 1.26 bits per heavy atom. The SMILES string of the molecule is CCC(Nc1c(C)n[nH]c1C)c1ccc(Cl)c(Cl)c1. The molecule has 1 aromatic carbocycles. The molecular weight excluding hydrogens is 281 g/mol. The van der Waals surface area contributed by atoms with E-state index >= 15 is 0 Å². The van der Waals surface area contributed by atoms with Gasteiger partial charge in [-0.2, -0.15) is 5.10 Å². The van der Waals surface area contributed by atoms with Crippen LogP contribution < -0.4 is 5.32 Å². The number of benzene rings is 1. The molecule has 1 aromatic heterocycles. The quantitative estimate of drug-likeness (QED) is 0.843. The van der Waals surface area contributed by atoms with Crippen molar-refractivity contribution in [2.24, 2.45) is 0 Å². The van der Waals surface area contributed by atoms with Crippen LogP contribution in [0.4, 0.5) is 5.69 Å². The van der Waals surface area contributed by atoms with E-state index < -0.39 is 0 Å². The second-order valence-corrected chi connectivity index (χ2v) is 5.40. The van der Waals surface area contributed by atoms with Crippen LogP contribution in [0.3, 0.4) is 0 Å². The number of H-pyrrole nitrogens is 1. The molecule has 2 aromatic rings. The highest BCUT2D eigenvalue weighted by Crippen LogP contribution is 2.30. The van der Waals surface area contributed by atoms with E-state index in [2.05, 4.69) is 22.4 Å². The molecule has 3 nitrogen and oxygen atoms in total. The molecule has 1 atom stereocenters. The fourth-order valence-corrected chi connectivity index (χ4v) is 2.39. The van der Waals surface area contributed by atoms with Crippen molar-refractivity contribution in [2.45, 2.75) is 33.2 Å². The van der Waals surface area contributed by atoms with Gasteiger partial charge in [-0.1, -0.05) is 36.2 Å². The number of rotatable bonds is 4. The molecule has 1 unspecified atom stereocenters. The van der Waals surface area contributed by atoms with E-state index in [1.54, 1.807) is 0 Å². The minimum Gasteiger partial charge on any atom is -0.375 e. The van der Waals surface area contributed by atoms with Crippen molar-refractivity contribution in [3.8, 4) is 0 Å². The van der Waals surface area contributed by atoms with Crippen molar-refractivity contribution in [2.75, 3.05) is 5.32 Å². The monoisotopic (exact) mass is 297 g/mol. The van der Waals surface area contributed by atoms with Gasteiger partial charge >= 0.3 is 0 Å². The number of aryl methyl sites for hydroxylation is 2.